The van der Waals surface area contributed by atoms with Gasteiger partial charge in [0, 0.05) is 12.7 Å². The molecule has 2 rings (SSSR count). The summed E-state index contributed by atoms with van der Waals surface area (Å²) >= 11 is 1.58. The van der Waals surface area contributed by atoms with Gasteiger partial charge in [0.15, 0.2) is 0 Å². The Hall–Kier alpha value is -1.75. The number of rotatable bonds is 5. The van der Waals surface area contributed by atoms with E-state index in [9.17, 15) is 8.42 Å². The molecule has 0 aliphatic rings. The van der Waals surface area contributed by atoms with Crippen LogP contribution in [0.1, 0.15) is 11.3 Å². The standard InChI is InChI=1S/C12H11N3O2S2/c13-7-11-1-2-12(8-14-11)19(16,17)15-5-3-10-4-6-18-9-10/h1-2,4,6,8-9,15H,3,5H2. The highest BCUT2D eigenvalue weighted by atomic mass is 32.2. The lowest BCUT2D eigenvalue weighted by molar-refractivity contribution is 0.581. The highest BCUT2D eigenvalue weighted by molar-refractivity contribution is 7.89. The molecule has 0 aliphatic heterocycles. The molecule has 5 nitrogen and oxygen atoms in total. The number of aromatic nitrogens is 1. The lowest BCUT2D eigenvalue weighted by atomic mass is 10.2. The lowest BCUT2D eigenvalue weighted by Crippen LogP contribution is -2.26. The van der Waals surface area contributed by atoms with Gasteiger partial charge in [-0.25, -0.2) is 18.1 Å². The zero-order valence-electron chi connectivity index (χ0n) is 9.91. The molecule has 0 fully saturated rings. The molecular formula is C12H11N3O2S2. The van der Waals surface area contributed by atoms with Crippen molar-refractivity contribution in [2.75, 3.05) is 6.54 Å². The number of nitrogens with one attached hydrogen (secondary N) is 1. The van der Waals surface area contributed by atoms with Crippen molar-refractivity contribution in [1.82, 2.24) is 9.71 Å². The first-order chi connectivity index (χ1) is 9.12. The Balaban J connectivity index is 1.99. The Labute approximate surface area is 115 Å². The summed E-state index contributed by atoms with van der Waals surface area (Å²) in [6.45, 7) is 0.332. The third-order valence-corrected chi connectivity index (χ3v) is 4.63. The van der Waals surface area contributed by atoms with Crippen LogP contribution in [-0.2, 0) is 16.4 Å². The highest BCUT2D eigenvalue weighted by Gasteiger charge is 2.13. The molecule has 2 aromatic rings. The van der Waals surface area contributed by atoms with Crippen LogP contribution in [0, 0.1) is 11.3 Å². The first-order valence-corrected chi connectivity index (χ1v) is 7.91. The van der Waals surface area contributed by atoms with E-state index in [0.29, 0.717) is 13.0 Å². The fraction of sp³-hybridized carbons (Fsp3) is 0.167. The normalized spacial score (nSPS) is 11.1. The molecule has 1 N–H and O–H groups in total. The minimum atomic E-state index is -3.56. The van der Waals surface area contributed by atoms with Gasteiger partial charge in [0.25, 0.3) is 0 Å². The summed E-state index contributed by atoms with van der Waals surface area (Å²) in [5.41, 5.74) is 1.29. The minimum absolute atomic E-state index is 0.0665. The molecule has 0 atom stereocenters. The van der Waals surface area contributed by atoms with E-state index in [1.54, 1.807) is 11.3 Å². The zero-order valence-corrected chi connectivity index (χ0v) is 11.5. The van der Waals surface area contributed by atoms with Crippen molar-refractivity contribution in [2.45, 2.75) is 11.3 Å². The number of nitrogens with zero attached hydrogens (tertiary/aromatic N) is 2. The molecule has 0 radical (unpaired) electrons. The van der Waals surface area contributed by atoms with Crippen molar-refractivity contribution in [3.05, 3.63) is 46.4 Å². The van der Waals surface area contributed by atoms with E-state index in [4.69, 9.17) is 5.26 Å². The highest BCUT2D eigenvalue weighted by Crippen LogP contribution is 2.09. The molecule has 19 heavy (non-hydrogen) atoms. The maximum absolute atomic E-state index is 11.9. The second-order valence-corrected chi connectivity index (χ2v) is 6.32. The molecule has 0 aliphatic carbocycles. The van der Waals surface area contributed by atoms with Gasteiger partial charge in [-0.3, -0.25) is 0 Å². The largest absolute Gasteiger partial charge is 0.244 e. The van der Waals surface area contributed by atoms with Crippen molar-refractivity contribution in [1.29, 1.82) is 5.26 Å². The van der Waals surface area contributed by atoms with Gasteiger partial charge >= 0.3 is 0 Å². The molecule has 2 aromatic heterocycles. The maximum Gasteiger partial charge on any atom is 0.242 e. The third kappa shape index (κ3) is 3.61. The Bertz CT molecular complexity index is 671. The molecule has 0 saturated heterocycles. The van der Waals surface area contributed by atoms with Gasteiger partial charge in [0.1, 0.15) is 16.7 Å². The number of thiophene rings is 1. The topological polar surface area (TPSA) is 82.8 Å². The van der Waals surface area contributed by atoms with Gasteiger partial charge in [-0.05, 0) is 40.9 Å². The third-order valence-electron chi connectivity index (χ3n) is 2.45. The summed E-state index contributed by atoms with van der Waals surface area (Å²) < 4.78 is 26.4. The van der Waals surface area contributed by atoms with Crippen molar-refractivity contribution in [2.24, 2.45) is 0 Å². The predicted octanol–water partition coefficient (Wildman–Crippen LogP) is 1.54. The van der Waals surface area contributed by atoms with Crippen LogP contribution in [0.2, 0.25) is 0 Å². The van der Waals surface area contributed by atoms with Crippen LogP contribution in [-0.4, -0.2) is 19.9 Å². The first-order valence-electron chi connectivity index (χ1n) is 5.49. The average molecular weight is 293 g/mol. The van der Waals surface area contributed by atoms with Crippen LogP contribution in [0.25, 0.3) is 0 Å². The Kier molecular flexibility index (Phi) is 4.27. The SMILES string of the molecule is N#Cc1ccc(S(=O)(=O)NCCc2ccsc2)cn1. The maximum atomic E-state index is 11.9. The number of hydrogen-bond donors (Lipinski definition) is 1. The van der Waals surface area contributed by atoms with E-state index in [-0.39, 0.29) is 10.6 Å². The van der Waals surface area contributed by atoms with E-state index >= 15 is 0 Å². The molecule has 0 bridgehead atoms. The van der Waals surface area contributed by atoms with Crippen LogP contribution < -0.4 is 4.72 Å². The predicted molar refractivity (Wildman–Crippen MR) is 72.2 cm³/mol. The minimum Gasteiger partial charge on any atom is -0.244 e. The van der Waals surface area contributed by atoms with Crippen LogP contribution >= 0.6 is 11.3 Å². The van der Waals surface area contributed by atoms with E-state index in [1.807, 2.05) is 22.9 Å². The molecule has 0 amide bonds. The van der Waals surface area contributed by atoms with Crippen LogP contribution in [0.3, 0.4) is 0 Å². The smallest absolute Gasteiger partial charge is 0.242 e. The van der Waals surface area contributed by atoms with Gasteiger partial charge in [-0.2, -0.15) is 16.6 Å². The Morgan fingerprint density at radius 2 is 2.21 bits per heavy atom. The number of sulfonamides is 1. The number of nitriles is 1. The van der Waals surface area contributed by atoms with Crippen LogP contribution in [0.5, 0.6) is 0 Å². The van der Waals surface area contributed by atoms with Crippen LogP contribution in [0.4, 0.5) is 0 Å². The van der Waals surface area contributed by atoms with Gasteiger partial charge in [0.05, 0.1) is 0 Å². The Morgan fingerprint density at radius 1 is 1.37 bits per heavy atom. The summed E-state index contributed by atoms with van der Waals surface area (Å²) in [5, 5.41) is 12.5. The fourth-order valence-corrected chi connectivity index (χ4v) is 3.13. The van der Waals surface area contributed by atoms with E-state index in [0.717, 1.165) is 5.56 Å². The monoisotopic (exact) mass is 293 g/mol. The molecular weight excluding hydrogens is 282 g/mol. The van der Waals surface area contributed by atoms with Crippen LogP contribution in [0.15, 0.2) is 40.1 Å². The zero-order chi connectivity index (χ0) is 13.7. The van der Waals surface area contributed by atoms with E-state index in [2.05, 4.69) is 9.71 Å². The van der Waals surface area contributed by atoms with Crippen molar-refractivity contribution in [3.8, 4) is 6.07 Å². The van der Waals surface area contributed by atoms with Crippen molar-refractivity contribution in [3.63, 3.8) is 0 Å². The first kappa shape index (κ1) is 13.7. The van der Waals surface area contributed by atoms with Gasteiger partial charge in [0.2, 0.25) is 10.0 Å². The molecule has 98 valence electrons. The van der Waals surface area contributed by atoms with E-state index < -0.39 is 10.0 Å². The molecule has 0 spiro atoms. The lowest BCUT2D eigenvalue weighted by Gasteiger charge is -2.05. The fourth-order valence-electron chi connectivity index (χ4n) is 1.45. The molecule has 0 aromatic carbocycles. The number of hydrogen-bond acceptors (Lipinski definition) is 5. The second-order valence-electron chi connectivity index (χ2n) is 3.77. The summed E-state index contributed by atoms with van der Waals surface area (Å²) in [5.74, 6) is 0. The summed E-state index contributed by atoms with van der Waals surface area (Å²) in [6.07, 6.45) is 1.83. The summed E-state index contributed by atoms with van der Waals surface area (Å²) in [6, 6.07) is 6.56. The molecule has 0 unspecified atom stereocenters. The Morgan fingerprint density at radius 3 is 2.79 bits per heavy atom. The van der Waals surface area contributed by atoms with E-state index in [1.165, 1.54) is 18.3 Å². The van der Waals surface area contributed by atoms with Gasteiger partial charge < -0.3 is 0 Å². The van der Waals surface area contributed by atoms with Crippen molar-refractivity contribution < 1.29 is 8.42 Å². The number of pyridine rings is 1. The van der Waals surface area contributed by atoms with Gasteiger partial charge in [-0.15, -0.1) is 0 Å². The molecule has 7 heteroatoms. The summed E-state index contributed by atoms with van der Waals surface area (Å²) in [4.78, 5) is 3.81. The summed E-state index contributed by atoms with van der Waals surface area (Å²) in [7, 11) is -3.56. The quantitative estimate of drug-likeness (QED) is 0.906. The average Bonchev–Trinajstić information content (AvgIpc) is 2.92. The van der Waals surface area contributed by atoms with Crippen molar-refractivity contribution >= 4 is 21.4 Å². The second kappa shape index (κ2) is 5.93. The van der Waals surface area contributed by atoms with Gasteiger partial charge in [-0.1, -0.05) is 0 Å². The molecule has 2 heterocycles. The molecule has 0 saturated carbocycles.